The Hall–Kier alpha value is -3.11. The van der Waals surface area contributed by atoms with E-state index in [1.54, 1.807) is 0 Å². The van der Waals surface area contributed by atoms with Crippen LogP contribution in [0.4, 0.5) is 5.69 Å². The second kappa shape index (κ2) is 5.94. The van der Waals surface area contributed by atoms with Gasteiger partial charge >= 0.3 is 0 Å². The molecule has 1 atom stereocenters. The highest BCUT2D eigenvalue weighted by molar-refractivity contribution is 6.09. The van der Waals surface area contributed by atoms with E-state index in [0.717, 1.165) is 15.8 Å². The van der Waals surface area contributed by atoms with Gasteiger partial charge in [-0.1, -0.05) is 18.2 Å². The second-order valence-corrected chi connectivity index (χ2v) is 8.17. The molecule has 0 saturated carbocycles. The summed E-state index contributed by atoms with van der Waals surface area (Å²) in [4.78, 5) is 7.11. The monoisotopic (exact) mass is 369 g/mol. The lowest BCUT2D eigenvalue weighted by Gasteiger charge is -2.32. The van der Waals surface area contributed by atoms with Gasteiger partial charge < -0.3 is 0 Å². The van der Waals surface area contributed by atoms with Gasteiger partial charge in [0.05, 0.1) is 31.5 Å². The molecule has 0 fully saturated rings. The molecule has 0 spiro atoms. The molecule has 1 aliphatic rings. The van der Waals surface area contributed by atoms with Crippen molar-refractivity contribution < 1.29 is 4.48 Å². The number of para-hydroxylation sites is 1. The van der Waals surface area contributed by atoms with Crippen molar-refractivity contribution in [3.05, 3.63) is 78.8 Å². The fourth-order valence-electron chi connectivity index (χ4n) is 4.20. The molecule has 5 rings (SSSR count). The van der Waals surface area contributed by atoms with E-state index in [1.165, 1.54) is 27.5 Å². The first-order valence-electron chi connectivity index (χ1n) is 9.73. The van der Waals surface area contributed by atoms with Crippen LogP contribution in [0, 0.1) is 6.92 Å². The van der Waals surface area contributed by atoms with Crippen molar-refractivity contribution in [1.82, 2.24) is 9.55 Å². The summed E-state index contributed by atoms with van der Waals surface area (Å²) < 4.78 is 3.12. The van der Waals surface area contributed by atoms with Crippen molar-refractivity contribution in [2.75, 3.05) is 19.0 Å². The number of hydrogen-bond acceptors (Lipinski definition) is 2. The number of aromatic nitrogens is 2. The number of anilines is 1. The van der Waals surface area contributed by atoms with E-state index >= 15 is 0 Å². The third-order valence-electron chi connectivity index (χ3n) is 6.11. The summed E-state index contributed by atoms with van der Waals surface area (Å²) in [5.74, 6) is 0. The summed E-state index contributed by atoms with van der Waals surface area (Å²) in [6, 6.07) is 19.3. The van der Waals surface area contributed by atoms with E-state index in [1.807, 2.05) is 12.3 Å². The number of quaternary nitrogens is 1. The fourth-order valence-corrected chi connectivity index (χ4v) is 4.20. The minimum Gasteiger partial charge on any atom is -0.294 e. The Bertz CT molecular complexity index is 1220. The van der Waals surface area contributed by atoms with Gasteiger partial charge in [-0.2, -0.15) is 0 Å². The molecule has 2 aromatic heterocycles. The Morgan fingerprint density at radius 2 is 1.75 bits per heavy atom. The Morgan fingerprint density at radius 3 is 2.46 bits per heavy atom. The minimum atomic E-state index is 0.351. The van der Waals surface area contributed by atoms with Gasteiger partial charge in [0.25, 0.3) is 0 Å². The molecular formula is C24H25N4+. The number of benzene rings is 2. The van der Waals surface area contributed by atoms with Gasteiger partial charge in [-0.15, -0.1) is 0 Å². The first-order chi connectivity index (χ1) is 13.5. The second-order valence-electron chi connectivity index (χ2n) is 8.17. The summed E-state index contributed by atoms with van der Waals surface area (Å²) in [6.45, 7) is 4.48. The maximum atomic E-state index is 4.72. The lowest BCUT2D eigenvalue weighted by molar-refractivity contribution is -0.856. The first-order valence-corrected chi connectivity index (χ1v) is 9.73. The van der Waals surface area contributed by atoms with Crippen molar-refractivity contribution in [3.8, 4) is 5.69 Å². The Morgan fingerprint density at radius 1 is 0.964 bits per heavy atom. The van der Waals surface area contributed by atoms with Crippen LogP contribution in [0.15, 0.2) is 73.2 Å². The quantitative estimate of drug-likeness (QED) is 0.453. The van der Waals surface area contributed by atoms with Crippen LogP contribution < -0.4 is 4.90 Å². The summed E-state index contributed by atoms with van der Waals surface area (Å²) in [7, 11) is 4.47. The molecule has 0 aliphatic carbocycles. The minimum absolute atomic E-state index is 0.351. The van der Waals surface area contributed by atoms with Crippen LogP contribution in [0.1, 0.15) is 12.5 Å². The summed E-state index contributed by atoms with van der Waals surface area (Å²) in [5.41, 5.74) is 5.86. The van der Waals surface area contributed by atoms with E-state index in [0.29, 0.717) is 6.17 Å². The van der Waals surface area contributed by atoms with Gasteiger partial charge in [-0.3, -0.25) is 14.0 Å². The predicted molar refractivity (Wildman–Crippen MR) is 117 cm³/mol. The van der Waals surface area contributed by atoms with Crippen molar-refractivity contribution in [1.29, 1.82) is 0 Å². The highest BCUT2D eigenvalue weighted by Gasteiger charge is 2.34. The van der Waals surface area contributed by atoms with Crippen LogP contribution in [0.2, 0.25) is 0 Å². The Kier molecular flexibility index (Phi) is 3.61. The average Bonchev–Trinajstić information content (AvgIpc) is 3.16. The first kappa shape index (κ1) is 17.0. The number of nitrogens with zero attached hydrogens (tertiary/aromatic N) is 4. The van der Waals surface area contributed by atoms with Gasteiger partial charge in [0.1, 0.15) is 11.8 Å². The van der Waals surface area contributed by atoms with E-state index in [2.05, 4.69) is 98.3 Å². The molecule has 2 aromatic carbocycles. The highest BCUT2D eigenvalue weighted by atomic mass is 15.5. The van der Waals surface area contributed by atoms with Crippen molar-refractivity contribution in [3.63, 3.8) is 0 Å². The topological polar surface area (TPSA) is 21.1 Å². The summed E-state index contributed by atoms with van der Waals surface area (Å²) in [6.07, 6.45) is 6.69. The van der Waals surface area contributed by atoms with Gasteiger partial charge in [0, 0.05) is 29.6 Å². The summed E-state index contributed by atoms with van der Waals surface area (Å²) in [5, 5.41) is 2.44. The largest absolute Gasteiger partial charge is 0.294 e. The van der Waals surface area contributed by atoms with E-state index < -0.39 is 0 Å². The van der Waals surface area contributed by atoms with E-state index in [9.17, 15) is 0 Å². The lowest BCUT2D eigenvalue weighted by atomic mass is 10.1. The molecule has 1 aliphatic heterocycles. The number of pyridine rings is 1. The third-order valence-corrected chi connectivity index (χ3v) is 6.11. The molecule has 4 heteroatoms. The molecule has 0 amide bonds. The van der Waals surface area contributed by atoms with Crippen LogP contribution in [0.5, 0.6) is 0 Å². The number of aryl methyl sites for hydroxylation is 1. The maximum absolute atomic E-state index is 4.72. The van der Waals surface area contributed by atoms with E-state index in [-0.39, 0.29) is 0 Å². The Labute approximate surface area is 165 Å². The normalized spacial score (nSPS) is 18.4. The molecule has 0 bridgehead atoms. The zero-order valence-corrected chi connectivity index (χ0v) is 16.8. The van der Waals surface area contributed by atoms with Gasteiger partial charge in [0.15, 0.2) is 6.17 Å². The van der Waals surface area contributed by atoms with Crippen molar-refractivity contribution >= 4 is 27.6 Å². The van der Waals surface area contributed by atoms with Gasteiger partial charge in [-0.25, -0.2) is 4.98 Å². The molecule has 4 nitrogen and oxygen atoms in total. The maximum Gasteiger partial charge on any atom is 0.169 e. The van der Waals surface area contributed by atoms with Crippen LogP contribution in [-0.4, -0.2) is 34.3 Å². The molecule has 4 aromatic rings. The van der Waals surface area contributed by atoms with Crippen LogP contribution in [0.25, 0.3) is 27.6 Å². The fraction of sp³-hybridized carbons (Fsp3) is 0.208. The molecule has 0 radical (unpaired) electrons. The summed E-state index contributed by atoms with van der Waals surface area (Å²) >= 11 is 0. The molecule has 0 saturated heterocycles. The van der Waals surface area contributed by atoms with Crippen molar-refractivity contribution in [2.24, 2.45) is 0 Å². The highest BCUT2D eigenvalue weighted by Crippen LogP contribution is 2.37. The molecule has 0 N–H and O–H groups in total. The molecule has 140 valence electrons. The molecule has 28 heavy (non-hydrogen) atoms. The smallest absolute Gasteiger partial charge is 0.169 e. The number of fused-ring (bicyclic) bond motifs is 3. The SMILES string of the molecule is Cc1cc2c3cccnc3n(-c3ccccc3)c2cc1N1C=C[N+](C)(C)C1C. The van der Waals surface area contributed by atoms with Gasteiger partial charge in [0.2, 0.25) is 0 Å². The molecule has 1 unspecified atom stereocenters. The van der Waals surface area contributed by atoms with E-state index in [4.69, 9.17) is 4.98 Å². The van der Waals surface area contributed by atoms with Crippen molar-refractivity contribution in [2.45, 2.75) is 20.0 Å². The zero-order valence-electron chi connectivity index (χ0n) is 16.8. The average molecular weight is 369 g/mol. The zero-order chi connectivity index (χ0) is 19.5. The van der Waals surface area contributed by atoms with Crippen LogP contribution in [0.3, 0.4) is 0 Å². The molecule has 3 heterocycles. The third kappa shape index (κ3) is 2.38. The van der Waals surface area contributed by atoms with Gasteiger partial charge in [-0.05, 0) is 48.9 Å². The molecular weight excluding hydrogens is 344 g/mol. The standard InChI is InChI=1S/C24H25N4/c1-17-15-21-20-11-8-12-25-24(20)27(19-9-6-5-7-10-19)23(21)16-22(17)26-13-14-28(3,4)18(26)2/h5-16,18H,1-4H3/q+1. The lowest BCUT2D eigenvalue weighted by Crippen LogP contribution is -2.46. The Balaban J connectivity index is 1.82. The number of hydrogen-bond donors (Lipinski definition) is 0. The van der Waals surface area contributed by atoms with Crippen LogP contribution in [-0.2, 0) is 0 Å². The van der Waals surface area contributed by atoms with Crippen LogP contribution >= 0.6 is 0 Å². The number of rotatable bonds is 2. The predicted octanol–water partition coefficient (Wildman–Crippen LogP) is 5.20.